The zero-order chi connectivity index (χ0) is 20.8. The summed E-state index contributed by atoms with van der Waals surface area (Å²) in [4.78, 5) is 25.1. The van der Waals surface area contributed by atoms with Crippen LogP contribution in [0, 0.1) is 0 Å². The van der Waals surface area contributed by atoms with Crippen LogP contribution in [0.2, 0.25) is 0 Å². The summed E-state index contributed by atoms with van der Waals surface area (Å²) in [5, 5.41) is 5.53. The summed E-state index contributed by atoms with van der Waals surface area (Å²) in [6, 6.07) is 4.46. The highest BCUT2D eigenvalue weighted by Gasteiger charge is 2.34. The van der Waals surface area contributed by atoms with E-state index in [-0.39, 0.29) is 12.1 Å². The number of hydrogen-bond donors (Lipinski definition) is 2. The van der Waals surface area contributed by atoms with E-state index in [1.165, 1.54) is 6.42 Å². The monoisotopic (exact) mass is 402 g/mol. The van der Waals surface area contributed by atoms with E-state index in [1.54, 1.807) is 26.2 Å². The number of nitrogens with one attached hydrogen (secondary N) is 2. The fraction of sp³-hybridized carbons (Fsp3) is 0.545. The molecule has 1 aromatic rings. The van der Waals surface area contributed by atoms with Crippen LogP contribution in [0.15, 0.2) is 29.5 Å². The Labute approximate surface area is 171 Å². The third-order valence-electron chi connectivity index (χ3n) is 5.30. The molecule has 7 heteroatoms. The molecule has 1 aliphatic carbocycles. The normalized spacial score (nSPS) is 20.0. The Balaban J connectivity index is 1.87. The van der Waals surface area contributed by atoms with E-state index in [2.05, 4.69) is 10.6 Å². The standard InChI is InChI=1S/C22H30N2O5/c1-4-12-28-17-11-10-15(13-18(17)27-3)20-19(14(2)23-22(26)24-20)21(25)29-16-8-6-5-7-9-16/h10-11,13,16,20H,4-9,12H2,1-3H3,(H2,23,24,26)/t20-/m1/s1. The molecule has 1 atom stereocenters. The number of allylic oxidation sites excluding steroid dienone is 1. The lowest BCUT2D eigenvalue weighted by Gasteiger charge is -2.30. The van der Waals surface area contributed by atoms with Crippen LogP contribution in [0.1, 0.15) is 64.0 Å². The maximum Gasteiger partial charge on any atom is 0.338 e. The molecule has 2 amide bonds. The first-order valence-corrected chi connectivity index (χ1v) is 10.3. The lowest BCUT2D eigenvalue weighted by molar-refractivity contribution is -0.146. The summed E-state index contributed by atoms with van der Waals surface area (Å²) in [6.07, 6.45) is 5.93. The molecule has 3 rings (SSSR count). The van der Waals surface area contributed by atoms with Gasteiger partial charge in [-0.25, -0.2) is 9.59 Å². The number of hydrogen-bond acceptors (Lipinski definition) is 5. The van der Waals surface area contributed by atoms with Gasteiger partial charge in [-0.3, -0.25) is 0 Å². The summed E-state index contributed by atoms with van der Waals surface area (Å²) in [7, 11) is 1.57. The van der Waals surface area contributed by atoms with E-state index in [9.17, 15) is 9.59 Å². The molecule has 2 N–H and O–H groups in total. The molecule has 158 valence electrons. The molecule has 0 aromatic heterocycles. The molecule has 1 heterocycles. The van der Waals surface area contributed by atoms with Crippen molar-refractivity contribution in [2.24, 2.45) is 0 Å². The summed E-state index contributed by atoms with van der Waals surface area (Å²) in [5.74, 6) is 0.795. The second-order valence-corrected chi connectivity index (χ2v) is 7.49. The van der Waals surface area contributed by atoms with Gasteiger partial charge in [-0.05, 0) is 56.7 Å². The largest absolute Gasteiger partial charge is 0.493 e. The topological polar surface area (TPSA) is 85.9 Å². The van der Waals surface area contributed by atoms with Gasteiger partial charge in [0.1, 0.15) is 6.10 Å². The number of esters is 1. The molecule has 0 unspecified atom stereocenters. The highest BCUT2D eigenvalue weighted by atomic mass is 16.5. The summed E-state index contributed by atoms with van der Waals surface area (Å²) in [6.45, 7) is 4.33. The summed E-state index contributed by atoms with van der Waals surface area (Å²) >= 11 is 0. The molecule has 0 spiro atoms. The molecule has 1 aromatic carbocycles. The molecule has 0 bridgehead atoms. The third kappa shape index (κ3) is 5.02. The number of amides is 2. The van der Waals surface area contributed by atoms with Crippen molar-refractivity contribution in [2.75, 3.05) is 13.7 Å². The Hall–Kier alpha value is -2.70. The van der Waals surface area contributed by atoms with Gasteiger partial charge < -0.3 is 24.8 Å². The van der Waals surface area contributed by atoms with E-state index in [0.717, 1.165) is 37.7 Å². The highest BCUT2D eigenvalue weighted by Crippen LogP contribution is 2.35. The van der Waals surface area contributed by atoms with Gasteiger partial charge in [-0.15, -0.1) is 0 Å². The molecule has 1 saturated carbocycles. The zero-order valence-corrected chi connectivity index (χ0v) is 17.4. The van der Waals surface area contributed by atoms with Crippen LogP contribution in [-0.4, -0.2) is 31.8 Å². The summed E-state index contributed by atoms with van der Waals surface area (Å²) < 4.78 is 16.9. The quantitative estimate of drug-likeness (QED) is 0.674. The molecule has 0 saturated heterocycles. The maximum atomic E-state index is 13.0. The molecule has 29 heavy (non-hydrogen) atoms. The van der Waals surface area contributed by atoms with Gasteiger partial charge in [0.2, 0.25) is 0 Å². The van der Waals surface area contributed by atoms with Crippen LogP contribution in [0.3, 0.4) is 0 Å². The second kappa shape index (κ2) is 9.67. The lowest BCUT2D eigenvalue weighted by Crippen LogP contribution is -2.45. The number of methoxy groups -OCH3 is 1. The summed E-state index contributed by atoms with van der Waals surface area (Å²) in [5.41, 5.74) is 1.65. The van der Waals surface area contributed by atoms with E-state index in [0.29, 0.717) is 29.4 Å². The van der Waals surface area contributed by atoms with Gasteiger partial charge in [0.15, 0.2) is 11.5 Å². The Morgan fingerprint density at radius 2 is 1.93 bits per heavy atom. The Kier molecular flexibility index (Phi) is 7.01. The van der Waals surface area contributed by atoms with Gasteiger partial charge in [-0.2, -0.15) is 0 Å². The smallest absolute Gasteiger partial charge is 0.338 e. The van der Waals surface area contributed by atoms with E-state index < -0.39 is 12.0 Å². The molecule has 0 radical (unpaired) electrons. The number of carbonyl (C=O) groups excluding carboxylic acids is 2. The number of ether oxygens (including phenoxy) is 3. The van der Waals surface area contributed by atoms with E-state index in [4.69, 9.17) is 14.2 Å². The number of benzene rings is 1. The predicted molar refractivity (Wildman–Crippen MR) is 109 cm³/mol. The van der Waals surface area contributed by atoms with Crippen LogP contribution in [0.4, 0.5) is 4.79 Å². The fourth-order valence-corrected chi connectivity index (χ4v) is 3.81. The number of carbonyl (C=O) groups is 2. The van der Waals surface area contributed by atoms with Crippen LogP contribution >= 0.6 is 0 Å². The SMILES string of the molecule is CCCOc1ccc([C@H]2NC(=O)NC(C)=C2C(=O)OC2CCCCC2)cc1OC. The van der Waals surface area contributed by atoms with Crippen molar-refractivity contribution in [3.8, 4) is 11.5 Å². The van der Waals surface area contributed by atoms with E-state index in [1.807, 2.05) is 13.0 Å². The average molecular weight is 402 g/mol. The number of urea groups is 1. The second-order valence-electron chi connectivity index (χ2n) is 7.49. The highest BCUT2D eigenvalue weighted by molar-refractivity contribution is 5.95. The van der Waals surface area contributed by atoms with Crippen molar-refractivity contribution in [1.82, 2.24) is 10.6 Å². The van der Waals surface area contributed by atoms with Crippen molar-refractivity contribution in [3.63, 3.8) is 0 Å². The molecule has 1 aliphatic heterocycles. The van der Waals surface area contributed by atoms with Crippen molar-refractivity contribution in [1.29, 1.82) is 0 Å². The molecular weight excluding hydrogens is 372 g/mol. The Morgan fingerprint density at radius 1 is 1.17 bits per heavy atom. The fourth-order valence-electron chi connectivity index (χ4n) is 3.81. The zero-order valence-electron chi connectivity index (χ0n) is 17.4. The Bertz CT molecular complexity index is 783. The molecule has 7 nitrogen and oxygen atoms in total. The van der Waals surface area contributed by atoms with Crippen molar-refractivity contribution in [3.05, 3.63) is 35.0 Å². The average Bonchev–Trinajstić information content (AvgIpc) is 2.72. The van der Waals surface area contributed by atoms with Gasteiger partial charge >= 0.3 is 12.0 Å². The van der Waals surface area contributed by atoms with Crippen LogP contribution in [0.5, 0.6) is 11.5 Å². The van der Waals surface area contributed by atoms with Crippen LogP contribution in [-0.2, 0) is 9.53 Å². The first-order chi connectivity index (χ1) is 14.0. The van der Waals surface area contributed by atoms with Gasteiger partial charge in [0.25, 0.3) is 0 Å². The van der Waals surface area contributed by atoms with Gasteiger partial charge in [-0.1, -0.05) is 19.4 Å². The van der Waals surface area contributed by atoms with Gasteiger partial charge in [0.05, 0.1) is 25.3 Å². The first-order valence-electron chi connectivity index (χ1n) is 10.3. The minimum absolute atomic E-state index is 0.0609. The first kappa shape index (κ1) is 21.0. The predicted octanol–water partition coefficient (Wildman–Crippen LogP) is 3.99. The third-order valence-corrected chi connectivity index (χ3v) is 5.30. The minimum Gasteiger partial charge on any atom is -0.493 e. The van der Waals surface area contributed by atoms with E-state index >= 15 is 0 Å². The Morgan fingerprint density at radius 3 is 2.62 bits per heavy atom. The van der Waals surface area contributed by atoms with Crippen molar-refractivity contribution < 1.29 is 23.8 Å². The molecular formula is C22H30N2O5. The minimum atomic E-state index is -0.617. The van der Waals surface area contributed by atoms with Crippen molar-refractivity contribution >= 4 is 12.0 Å². The van der Waals surface area contributed by atoms with Crippen molar-refractivity contribution in [2.45, 2.75) is 64.5 Å². The number of rotatable bonds is 7. The molecule has 1 fully saturated rings. The molecule has 2 aliphatic rings. The maximum absolute atomic E-state index is 13.0. The lowest BCUT2D eigenvalue weighted by atomic mass is 9.94. The van der Waals surface area contributed by atoms with Crippen LogP contribution in [0.25, 0.3) is 0 Å². The van der Waals surface area contributed by atoms with Crippen LogP contribution < -0.4 is 20.1 Å². The van der Waals surface area contributed by atoms with Gasteiger partial charge in [0, 0.05) is 5.70 Å².